The highest BCUT2D eigenvalue weighted by atomic mass is 16.6. The maximum absolute atomic E-state index is 11.6. The lowest BCUT2D eigenvalue weighted by atomic mass is 10.3. The van der Waals surface area contributed by atoms with Crippen molar-refractivity contribution in [1.29, 1.82) is 0 Å². The number of imide groups is 1. The fraction of sp³-hybridized carbons (Fsp3) is 0.273. The van der Waals surface area contributed by atoms with E-state index in [0.717, 1.165) is 4.90 Å². The van der Waals surface area contributed by atoms with E-state index in [1.807, 2.05) is 6.07 Å². The van der Waals surface area contributed by atoms with Crippen LogP contribution in [-0.4, -0.2) is 30.2 Å². The van der Waals surface area contributed by atoms with Gasteiger partial charge >= 0.3 is 12.2 Å². The zero-order chi connectivity index (χ0) is 11.4. The molecule has 0 bridgehead atoms. The Bertz CT molecular complexity index is 390. The molecule has 1 aliphatic rings. The fourth-order valence-corrected chi connectivity index (χ4v) is 1.36. The van der Waals surface area contributed by atoms with Gasteiger partial charge in [0.1, 0.15) is 5.75 Å². The Kier molecular flexibility index (Phi) is 3.05. The molecule has 1 fully saturated rings. The van der Waals surface area contributed by atoms with Gasteiger partial charge in [-0.15, -0.1) is 0 Å². The molecule has 0 saturated carbocycles. The highest BCUT2D eigenvalue weighted by molar-refractivity contribution is 5.89. The molecule has 1 heterocycles. The Morgan fingerprint density at radius 2 is 2.06 bits per heavy atom. The summed E-state index contributed by atoms with van der Waals surface area (Å²) in [5, 5.41) is 0. The first kappa shape index (κ1) is 10.5. The van der Waals surface area contributed by atoms with E-state index < -0.39 is 12.2 Å². The van der Waals surface area contributed by atoms with E-state index in [4.69, 9.17) is 9.47 Å². The van der Waals surface area contributed by atoms with Crippen LogP contribution in [0.25, 0.3) is 0 Å². The number of para-hydroxylation sites is 1. The molecule has 1 saturated heterocycles. The van der Waals surface area contributed by atoms with E-state index in [9.17, 15) is 9.59 Å². The summed E-state index contributed by atoms with van der Waals surface area (Å²) >= 11 is 0. The van der Waals surface area contributed by atoms with Crippen molar-refractivity contribution in [2.24, 2.45) is 0 Å². The molecule has 2 amide bonds. The van der Waals surface area contributed by atoms with Crippen LogP contribution in [-0.2, 0) is 4.74 Å². The van der Waals surface area contributed by atoms with Crippen LogP contribution in [0.5, 0.6) is 5.75 Å². The number of hydrogen-bond acceptors (Lipinski definition) is 4. The first-order chi connectivity index (χ1) is 7.77. The molecule has 84 valence electrons. The zero-order valence-electron chi connectivity index (χ0n) is 8.59. The number of carbonyl (C=O) groups excluding carboxylic acids is 2. The highest BCUT2D eigenvalue weighted by Gasteiger charge is 2.27. The molecule has 1 aliphatic heterocycles. The maximum Gasteiger partial charge on any atom is 0.424 e. The molecular formula is C11H11NO4. The summed E-state index contributed by atoms with van der Waals surface area (Å²) in [6.45, 7) is 0.693. The van der Waals surface area contributed by atoms with Gasteiger partial charge in [-0.3, -0.25) is 0 Å². The summed E-state index contributed by atoms with van der Waals surface area (Å²) in [5.41, 5.74) is 0. The maximum atomic E-state index is 11.6. The van der Waals surface area contributed by atoms with E-state index in [2.05, 4.69) is 0 Å². The van der Waals surface area contributed by atoms with Crippen molar-refractivity contribution in [2.75, 3.05) is 13.2 Å². The first-order valence-electron chi connectivity index (χ1n) is 4.98. The van der Waals surface area contributed by atoms with Crippen LogP contribution in [0.1, 0.15) is 6.42 Å². The van der Waals surface area contributed by atoms with Crippen LogP contribution in [0.4, 0.5) is 9.59 Å². The minimum Gasteiger partial charge on any atom is -0.449 e. The number of cyclic esters (lactones) is 1. The summed E-state index contributed by atoms with van der Waals surface area (Å²) in [6.07, 6.45) is -0.710. The van der Waals surface area contributed by atoms with Gasteiger partial charge in [-0.05, 0) is 12.1 Å². The predicted molar refractivity (Wildman–Crippen MR) is 55.1 cm³/mol. The van der Waals surface area contributed by atoms with Gasteiger partial charge in [0.05, 0.1) is 6.61 Å². The Hall–Kier alpha value is -2.04. The molecule has 16 heavy (non-hydrogen) atoms. The summed E-state index contributed by atoms with van der Waals surface area (Å²) < 4.78 is 9.75. The summed E-state index contributed by atoms with van der Waals surface area (Å²) in [5.74, 6) is 0.408. The smallest absolute Gasteiger partial charge is 0.424 e. The lowest BCUT2D eigenvalue weighted by Crippen LogP contribution is -2.43. The Morgan fingerprint density at radius 1 is 1.31 bits per heavy atom. The molecule has 1 aromatic carbocycles. The molecule has 0 unspecified atom stereocenters. The third kappa shape index (κ3) is 2.31. The summed E-state index contributed by atoms with van der Waals surface area (Å²) in [7, 11) is 0. The number of nitrogens with zero attached hydrogens (tertiary/aromatic N) is 1. The molecule has 0 spiro atoms. The average molecular weight is 221 g/mol. The molecular weight excluding hydrogens is 210 g/mol. The van der Waals surface area contributed by atoms with Crippen LogP contribution in [0.15, 0.2) is 30.3 Å². The van der Waals surface area contributed by atoms with E-state index in [1.54, 1.807) is 24.3 Å². The van der Waals surface area contributed by atoms with Gasteiger partial charge in [0, 0.05) is 13.0 Å². The molecule has 0 radical (unpaired) electrons. The molecule has 5 heteroatoms. The molecule has 1 aromatic rings. The van der Waals surface area contributed by atoms with Gasteiger partial charge in [0.15, 0.2) is 0 Å². The minimum absolute atomic E-state index is 0.338. The first-order valence-corrected chi connectivity index (χ1v) is 4.98. The number of benzene rings is 1. The number of hydrogen-bond donors (Lipinski definition) is 0. The SMILES string of the molecule is O=C1OCCCN1C(=O)Oc1ccccc1. The van der Waals surface area contributed by atoms with Crippen molar-refractivity contribution in [2.45, 2.75) is 6.42 Å². The third-order valence-corrected chi connectivity index (χ3v) is 2.14. The standard InChI is InChI=1S/C11H11NO4/c13-10-12(7-4-8-15-10)11(14)16-9-5-2-1-3-6-9/h1-3,5-6H,4,7-8H2. The summed E-state index contributed by atoms with van der Waals surface area (Å²) in [6, 6.07) is 8.60. The van der Waals surface area contributed by atoms with Gasteiger partial charge in [0.25, 0.3) is 0 Å². The second kappa shape index (κ2) is 4.65. The van der Waals surface area contributed by atoms with Crippen molar-refractivity contribution in [3.63, 3.8) is 0 Å². The van der Waals surface area contributed by atoms with E-state index >= 15 is 0 Å². The molecule has 5 nitrogen and oxygen atoms in total. The van der Waals surface area contributed by atoms with Crippen LogP contribution < -0.4 is 4.74 Å². The summed E-state index contributed by atoms with van der Waals surface area (Å²) in [4.78, 5) is 23.8. The van der Waals surface area contributed by atoms with Crippen molar-refractivity contribution >= 4 is 12.2 Å². The minimum atomic E-state index is -0.698. The Labute approximate surface area is 92.6 Å². The number of amides is 2. The molecule has 0 aliphatic carbocycles. The van der Waals surface area contributed by atoms with Crippen LogP contribution >= 0.6 is 0 Å². The fourth-order valence-electron chi connectivity index (χ4n) is 1.36. The van der Waals surface area contributed by atoms with Crippen LogP contribution in [0.3, 0.4) is 0 Å². The van der Waals surface area contributed by atoms with E-state index in [0.29, 0.717) is 25.3 Å². The van der Waals surface area contributed by atoms with Gasteiger partial charge in [-0.2, -0.15) is 0 Å². The molecule has 2 rings (SSSR count). The predicted octanol–water partition coefficient (Wildman–Crippen LogP) is 2.03. The van der Waals surface area contributed by atoms with Crippen LogP contribution in [0.2, 0.25) is 0 Å². The second-order valence-corrected chi connectivity index (χ2v) is 3.30. The average Bonchev–Trinajstić information content (AvgIpc) is 2.31. The van der Waals surface area contributed by atoms with Crippen molar-refractivity contribution < 1.29 is 19.1 Å². The van der Waals surface area contributed by atoms with Gasteiger partial charge in [-0.25, -0.2) is 14.5 Å². The second-order valence-electron chi connectivity index (χ2n) is 3.30. The molecule has 0 aromatic heterocycles. The Morgan fingerprint density at radius 3 is 2.75 bits per heavy atom. The molecule has 0 atom stereocenters. The number of carbonyl (C=O) groups is 2. The normalized spacial score (nSPS) is 15.5. The van der Waals surface area contributed by atoms with Gasteiger partial charge < -0.3 is 9.47 Å². The van der Waals surface area contributed by atoms with Crippen molar-refractivity contribution in [3.8, 4) is 5.75 Å². The Balaban J connectivity index is 2.00. The third-order valence-electron chi connectivity index (χ3n) is 2.14. The van der Waals surface area contributed by atoms with E-state index in [1.165, 1.54) is 0 Å². The topological polar surface area (TPSA) is 55.8 Å². The van der Waals surface area contributed by atoms with Crippen molar-refractivity contribution in [3.05, 3.63) is 30.3 Å². The van der Waals surface area contributed by atoms with Gasteiger partial charge in [-0.1, -0.05) is 18.2 Å². The number of ether oxygens (including phenoxy) is 2. The lowest BCUT2D eigenvalue weighted by molar-refractivity contribution is 0.0723. The monoisotopic (exact) mass is 221 g/mol. The number of rotatable bonds is 1. The van der Waals surface area contributed by atoms with Crippen molar-refractivity contribution in [1.82, 2.24) is 4.90 Å². The zero-order valence-corrected chi connectivity index (χ0v) is 8.59. The molecule has 0 N–H and O–H groups in total. The lowest BCUT2D eigenvalue weighted by Gasteiger charge is -2.23. The van der Waals surface area contributed by atoms with Gasteiger partial charge in [0.2, 0.25) is 0 Å². The van der Waals surface area contributed by atoms with E-state index in [-0.39, 0.29) is 0 Å². The highest BCUT2D eigenvalue weighted by Crippen LogP contribution is 2.12. The van der Waals surface area contributed by atoms with Crippen LogP contribution in [0, 0.1) is 0 Å². The largest absolute Gasteiger partial charge is 0.449 e. The quantitative estimate of drug-likeness (QED) is 0.728.